The Bertz CT molecular complexity index is 1260. The van der Waals surface area contributed by atoms with Crippen LogP contribution in [-0.2, 0) is 9.53 Å². The molecule has 0 radical (unpaired) electrons. The number of carboxylic acids is 1. The van der Waals surface area contributed by atoms with Crippen LogP contribution in [0.2, 0.25) is 0 Å². The molecule has 0 unspecified atom stereocenters. The Hall–Kier alpha value is -3.65. The molecule has 1 aliphatic carbocycles. The van der Waals surface area contributed by atoms with Crippen LogP contribution in [0.15, 0.2) is 71.2 Å². The molecule has 1 saturated heterocycles. The maximum Gasteiger partial charge on any atom is 0.411 e. The van der Waals surface area contributed by atoms with Crippen LogP contribution in [0.3, 0.4) is 0 Å². The van der Waals surface area contributed by atoms with Crippen molar-refractivity contribution in [2.24, 2.45) is 5.92 Å². The second-order valence-electron chi connectivity index (χ2n) is 8.39. The fourth-order valence-electron chi connectivity index (χ4n) is 4.49. The van der Waals surface area contributed by atoms with Crippen molar-refractivity contribution in [3.8, 4) is 11.1 Å². The van der Waals surface area contributed by atoms with E-state index >= 15 is 0 Å². The molecule has 0 bridgehead atoms. The van der Waals surface area contributed by atoms with Gasteiger partial charge in [0, 0.05) is 29.2 Å². The van der Waals surface area contributed by atoms with Crippen molar-refractivity contribution in [1.29, 1.82) is 0 Å². The van der Waals surface area contributed by atoms with E-state index < -0.39 is 18.0 Å². The molecule has 5 rings (SSSR count). The molecular formula is C26H21BrN2O5. The first-order chi connectivity index (χ1) is 16.4. The Morgan fingerprint density at radius 2 is 1.59 bits per heavy atom. The summed E-state index contributed by atoms with van der Waals surface area (Å²) in [4.78, 5) is 37.8. The summed E-state index contributed by atoms with van der Waals surface area (Å²) in [5, 5.41) is 11.7. The van der Waals surface area contributed by atoms with Crippen LogP contribution in [0.4, 0.5) is 10.5 Å². The van der Waals surface area contributed by atoms with Crippen molar-refractivity contribution in [3.05, 3.63) is 87.9 Å². The molecule has 0 saturated carbocycles. The fraction of sp³-hybridized carbons (Fsp3) is 0.192. The molecule has 3 aromatic carbocycles. The number of aliphatic carboxylic acids is 1. The smallest absolute Gasteiger partial charge is 0.411 e. The van der Waals surface area contributed by atoms with E-state index in [1.54, 1.807) is 18.2 Å². The van der Waals surface area contributed by atoms with Crippen molar-refractivity contribution in [1.82, 2.24) is 4.90 Å². The van der Waals surface area contributed by atoms with Gasteiger partial charge in [0.1, 0.15) is 6.61 Å². The van der Waals surface area contributed by atoms with E-state index in [1.807, 2.05) is 24.3 Å². The van der Waals surface area contributed by atoms with Gasteiger partial charge in [0.25, 0.3) is 5.91 Å². The molecule has 1 fully saturated rings. The van der Waals surface area contributed by atoms with Gasteiger partial charge in [-0.1, -0.05) is 48.5 Å². The largest absolute Gasteiger partial charge is 0.481 e. The number of likely N-dealkylation sites (tertiary alicyclic amines) is 1. The molecule has 3 aromatic rings. The Kier molecular flexibility index (Phi) is 5.83. The summed E-state index contributed by atoms with van der Waals surface area (Å²) in [7, 11) is 0. The zero-order valence-electron chi connectivity index (χ0n) is 18.0. The lowest BCUT2D eigenvalue weighted by Crippen LogP contribution is -2.53. The predicted molar refractivity (Wildman–Crippen MR) is 130 cm³/mol. The third kappa shape index (κ3) is 4.05. The average Bonchev–Trinajstić information content (AvgIpc) is 3.11. The standard InChI is InChI=1S/C26H21BrN2O5/c27-23-10-9-16(11-21(23)24(30)29-12-15(13-29)25(31)32)28-26(33)34-14-22-19-7-3-1-5-17(19)18-6-2-4-8-20(18)22/h1-11,15,22H,12-14H2,(H,28,33)(H,31,32). The van der Waals surface area contributed by atoms with Gasteiger partial charge in [-0.2, -0.15) is 0 Å². The third-order valence-electron chi connectivity index (χ3n) is 6.30. The molecule has 2 N–H and O–H groups in total. The van der Waals surface area contributed by atoms with E-state index in [2.05, 4.69) is 45.5 Å². The number of benzene rings is 3. The highest BCUT2D eigenvalue weighted by Gasteiger charge is 2.36. The molecule has 0 aromatic heterocycles. The molecule has 172 valence electrons. The minimum atomic E-state index is -0.909. The minimum Gasteiger partial charge on any atom is -0.481 e. The highest BCUT2D eigenvalue weighted by Crippen LogP contribution is 2.44. The third-order valence-corrected chi connectivity index (χ3v) is 7.00. The van der Waals surface area contributed by atoms with Gasteiger partial charge in [-0.15, -0.1) is 0 Å². The van der Waals surface area contributed by atoms with E-state index in [9.17, 15) is 14.4 Å². The highest BCUT2D eigenvalue weighted by atomic mass is 79.9. The number of nitrogens with zero attached hydrogens (tertiary/aromatic N) is 1. The molecule has 2 amide bonds. The molecule has 1 aliphatic heterocycles. The lowest BCUT2D eigenvalue weighted by Gasteiger charge is -2.36. The monoisotopic (exact) mass is 520 g/mol. The lowest BCUT2D eigenvalue weighted by molar-refractivity contribution is -0.146. The van der Waals surface area contributed by atoms with Gasteiger partial charge in [-0.05, 0) is 56.4 Å². The van der Waals surface area contributed by atoms with Crippen molar-refractivity contribution in [2.45, 2.75) is 5.92 Å². The molecule has 2 aliphatic rings. The van der Waals surface area contributed by atoms with Gasteiger partial charge in [0.2, 0.25) is 0 Å². The van der Waals surface area contributed by atoms with Gasteiger partial charge < -0.3 is 14.7 Å². The summed E-state index contributed by atoms with van der Waals surface area (Å²) in [6.45, 7) is 0.530. The molecule has 0 spiro atoms. The number of hydrogen-bond donors (Lipinski definition) is 2. The average molecular weight is 521 g/mol. The Morgan fingerprint density at radius 3 is 2.21 bits per heavy atom. The van der Waals surface area contributed by atoms with Gasteiger partial charge >= 0.3 is 12.1 Å². The molecule has 34 heavy (non-hydrogen) atoms. The van der Waals surface area contributed by atoms with E-state index in [0.717, 1.165) is 22.3 Å². The Labute approximate surface area is 204 Å². The number of ether oxygens (including phenoxy) is 1. The molecular weight excluding hydrogens is 500 g/mol. The number of carbonyl (C=O) groups is 3. The van der Waals surface area contributed by atoms with Crippen LogP contribution in [-0.4, -0.2) is 47.7 Å². The number of amides is 2. The van der Waals surface area contributed by atoms with Gasteiger partial charge in [-0.25, -0.2) is 4.79 Å². The second kappa shape index (κ2) is 8.95. The topological polar surface area (TPSA) is 95.9 Å². The summed E-state index contributed by atoms with van der Waals surface area (Å²) in [6.07, 6.45) is -0.613. The van der Waals surface area contributed by atoms with Gasteiger partial charge in [-0.3, -0.25) is 14.9 Å². The maximum atomic E-state index is 12.7. The van der Waals surface area contributed by atoms with E-state index in [1.165, 1.54) is 4.90 Å². The number of hydrogen-bond acceptors (Lipinski definition) is 4. The van der Waals surface area contributed by atoms with Crippen molar-refractivity contribution < 1.29 is 24.2 Å². The summed E-state index contributed by atoms with van der Waals surface area (Å²) < 4.78 is 6.14. The van der Waals surface area contributed by atoms with Crippen LogP contribution in [0.25, 0.3) is 11.1 Å². The first-order valence-corrected chi connectivity index (χ1v) is 11.7. The lowest BCUT2D eigenvalue weighted by atomic mass is 9.98. The van der Waals surface area contributed by atoms with E-state index in [4.69, 9.17) is 9.84 Å². The highest BCUT2D eigenvalue weighted by molar-refractivity contribution is 9.10. The van der Waals surface area contributed by atoms with E-state index in [-0.39, 0.29) is 31.5 Å². The van der Waals surface area contributed by atoms with Crippen molar-refractivity contribution in [2.75, 3.05) is 25.0 Å². The minimum absolute atomic E-state index is 0.0474. The number of nitrogens with one attached hydrogen (secondary N) is 1. The fourth-order valence-corrected chi connectivity index (χ4v) is 4.91. The second-order valence-corrected chi connectivity index (χ2v) is 9.24. The first kappa shape index (κ1) is 22.2. The molecule has 0 atom stereocenters. The van der Waals surface area contributed by atoms with Crippen LogP contribution >= 0.6 is 15.9 Å². The SMILES string of the molecule is O=C(Nc1ccc(Br)c(C(=O)N2CC(C(=O)O)C2)c1)OCC1c2ccccc2-c2ccccc21. The zero-order valence-corrected chi connectivity index (χ0v) is 19.6. The number of anilines is 1. The van der Waals surface area contributed by atoms with Gasteiger partial charge in [0.05, 0.1) is 11.5 Å². The quantitative estimate of drug-likeness (QED) is 0.495. The number of fused-ring (bicyclic) bond motifs is 3. The number of halogens is 1. The van der Waals surface area contributed by atoms with Gasteiger partial charge in [0.15, 0.2) is 0 Å². The van der Waals surface area contributed by atoms with Crippen LogP contribution in [0.1, 0.15) is 27.4 Å². The van der Waals surface area contributed by atoms with Crippen molar-refractivity contribution in [3.63, 3.8) is 0 Å². The molecule has 7 nitrogen and oxygen atoms in total. The summed E-state index contributed by atoms with van der Waals surface area (Å²) >= 11 is 3.36. The van der Waals surface area contributed by atoms with Crippen LogP contribution in [0.5, 0.6) is 0 Å². The molecule has 1 heterocycles. The number of carbonyl (C=O) groups excluding carboxylic acids is 2. The zero-order chi connectivity index (χ0) is 23.8. The van der Waals surface area contributed by atoms with Crippen LogP contribution < -0.4 is 5.32 Å². The first-order valence-electron chi connectivity index (χ1n) is 10.9. The van der Waals surface area contributed by atoms with E-state index in [0.29, 0.717) is 15.7 Å². The molecule has 8 heteroatoms. The summed E-state index contributed by atoms with van der Waals surface area (Å²) in [5.41, 5.74) is 5.32. The summed E-state index contributed by atoms with van der Waals surface area (Å²) in [6, 6.07) is 21.1. The number of carboxylic acid groups (broad SMARTS) is 1. The van der Waals surface area contributed by atoms with Crippen LogP contribution in [0, 0.1) is 5.92 Å². The Balaban J connectivity index is 1.25. The van der Waals surface area contributed by atoms with Crippen molar-refractivity contribution >= 4 is 39.6 Å². The Morgan fingerprint density at radius 1 is 0.971 bits per heavy atom. The normalized spacial score (nSPS) is 14.7. The predicted octanol–water partition coefficient (Wildman–Crippen LogP) is 4.97. The summed E-state index contributed by atoms with van der Waals surface area (Å²) in [5.74, 6) is -1.78. The maximum absolute atomic E-state index is 12.7. The number of rotatable bonds is 5.